The molecule has 0 atom stereocenters. The number of amides is 1. The molecule has 6 nitrogen and oxygen atoms in total. The number of aromatic nitrogens is 2. The number of thioether (sulfide) groups is 1. The van der Waals surface area contributed by atoms with Gasteiger partial charge in [0.2, 0.25) is 0 Å². The van der Waals surface area contributed by atoms with Gasteiger partial charge in [0.05, 0.1) is 28.7 Å². The van der Waals surface area contributed by atoms with Crippen molar-refractivity contribution in [1.82, 2.24) is 19.6 Å². The smallest absolute Gasteiger partial charge is 0.348 e. The predicted octanol–water partition coefficient (Wildman–Crippen LogP) is 5.51. The van der Waals surface area contributed by atoms with E-state index in [0.717, 1.165) is 54.4 Å². The molecule has 1 aliphatic carbocycles. The highest BCUT2D eigenvalue weighted by atomic mass is 35.5. The number of carbonyl (C=O) groups excluding carboxylic acids is 1. The van der Waals surface area contributed by atoms with Crippen LogP contribution in [-0.4, -0.2) is 62.9 Å². The van der Waals surface area contributed by atoms with Crippen molar-refractivity contribution in [2.24, 2.45) is 4.99 Å². The minimum atomic E-state index is -4.51. The second kappa shape index (κ2) is 9.49. The van der Waals surface area contributed by atoms with Gasteiger partial charge in [-0.05, 0) is 66.1 Å². The highest BCUT2D eigenvalue weighted by Gasteiger charge is 2.35. The maximum atomic E-state index is 13.5. The number of piperazine rings is 1. The fourth-order valence-electron chi connectivity index (χ4n) is 4.84. The second-order valence-corrected chi connectivity index (χ2v) is 10.9. The fraction of sp³-hybridized carbons (Fsp3) is 0.346. The summed E-state index contributed by atoms with van der Waals surface area (Å²) < 4.78 is 42.1. The topological polar surface area (TPSA) is 53.7 Å². The Labute approximate surface area is 220 Å². The Bertz CT molecular complexity index is 1440. The van der Waals surface area contributed by atoms with Crippen LogP contribution in [-0.2, 0) is 17.5 Å². The standard InChI is InChI=1S/C26H23ClF3N5OS/c27-19-3-2-17(21(13-19)26(28,29)30)15-35-22-6-1-16(11-18(22)14-31-35)12-23-24(36)32-25(37-23)34-9-7-33(8-10-34)20-4-5-20/h1-3,6,11-14,20H,4-5,7-10,15H2/b23-12-. The van der Waals surface area contributed by atoms with Crippen LogP contribution >= 0.6 is 23.4 Å². The Kier molecular flexibility index (Phi) is 6.29. The summed E-state index contributed by atoms with van der Waals surface area (Å²) in [6.45, 7) is 3.70. The number of hydrogen-bond donors (Lipinski definition) is 0. The van der Waals surface area contributed by atoms with Crippen LogP contribution in [0.5, 0.6) is 0 Å². The van der Waals surface area contributed by atoms with Crippen LogP contribution < -0.4 is 0 Å². The molecule has 192 valence electrons. The molecule has 0 spiro atoms. The van der Waals surface area contributed by atoms with Gasteiger partial charge in [-0.3, -0.25) is 14.4 Å². The Morgan fingerprint density at radius 3 is 2.59 bits per heavy atom. The number of amidine groups is 1. The molecule has 3 aliphatic rings. The van der Waals surface area contributed by atoms with Crippen molar-refractivity contribution in [2.45, 2.75) is 31.6 Å². The maximum Gasteiger partial charge on any atom is 0.416 e. The van der Waals surface area contributed by atoms with Crippen molar-refractivity contribution < 1.29 is 18.0 Å². The predicted molar refractivity (Wildman–Crippen MR) is 139 cm³/mol. The van der Waals surface area contributed by atoms with E-state index >= 15 is 0 Å². The van der Waals surface area contributed by atoms with Gasteiger partial charge < -0.3 is 4.90 Å². The molecule has 3 heterocycles. The number of rotatable bonds is 4. The van der Waals surface area contributed by atoms with Gasteiger partial charge in [0, 0.05) is 42.6 Å². The van der Waals surface area contributed by atoms with Crippen molar-refractivity contribution in [3.8, 4) is 0 Å². The van der Waals surface area contributed by atoms with Crippen molar-refractivity contribution >= 4 is 51.4 Å². The fourth-order valence-corrected chi connectivity index (χ4v) is 5.97. The van der Waals surface area contributed by atoms with Crippen molar-refractivity contribution in [2.75, 3.05) is 26.2 Å². The van der Waals surface area contributed by atoms with Crippen LogP contribution in [0.15, 0.2) is 52.5 Å². The van der Waals surface area contributed by atoms with Crippen molar-refractivity contribution in [1.29, 1.82) is 0 Å². The number of carbonyl (C=O) groups is 1. The molecule has 2 aliphatic heterocycles. The zero-order valence-electron chi connectivity index (χ0n) is 19.7. The number of benzene rings is 2. The molecule has 1 saturated carbocycles. The summed E-state index contributed by atoms with van der Waals surface area (Å²) in [5, 5.41) is 5.87. The average Bonchev–Trinajstić information content (AvgIpc) is 3.56. The Balaban J connectivity index is 1.17. The molecule has 0 unspecified atom stereocenters. The van der Waals surface area contributed by atoms with Gasteiger partial charge in [-0.25, -0.2) is 0 Å². The zero-order chi connectivity index (χ0) is 25.7. The van der Waals surface area contributed by atoms with E-state index in [4.69, 9.17) is 11.6 Å². The summed E-state index contributed by atoms with van der Waals surface area (Å²) in [4.78, 5) is 22.1. The number of nitrogens with zero attached hydrogens (tertiary/aromatic N) is 5. The van der Waals surface area contributed by atoms with Gasteiger partial charge in [-0.15, -0.1) is 0 Å². The van der Waals surface area contributed by atoms with Gasteiger partial charge in [-0.1, -0.05) is 23.7 Å². The molecule has 1 amide bonds. The number of aliphatic imine (C=N–C) groups is 1. The lowest BCUT2D eigenvalue weighted by Crippen LogP contribution is -2.48. The van der Waals surface area contributed by atoms with Crippen LogP contribution in [0, 0.1) is 0 Å². The summed E-state index contributed by atoms with van der Waals surface area (Å²) in [6, 6.07) is 10.0. The molecule has 1 aromatic heterocycles. The first kappa shape index (κ1) is 24.5. The van der Waals surface area contributed by atoms with E-state index in [1.165, 1.54) is 41.4 Å². The number of fused-ring (bicyclic) bond motifs is 1. The first-order valence-corrected chi connectivity index (χ1v) is 13.3. The largest absolute Gasteiger partial charge is 0.416 e. The summed E-state index contributed by atoms with van der Waals surface area (Å²) in [5.41, 5.74) is 0.816. The summed E-state index contributed by atoms with van der Waals surface area (Å²) >= 11 is 7.20. The minimum Gasteiger partial charge on any atom is -0.348 e. The molecule has 3 aromatic rings. The number of halogens is 4. The van der Waals surface area contributed by atoms with E-state index in [-0.39, 0.29) is 23.0 Å². The maximum absolute atomic E-state index is 13.5. The highest BCUT2D eigenvalue weighted by molar-refractivity contribution is 8.18. The molecule has 0 N–H and O–H groups in total. The first-order chi connectivity index (χ1) is 17.7. The lowest BCUT2D eigenvalue weighted by Gasteiger charge is -2.35. The third-order valence-corrected chi connectivity index (χ3v) is 8.20. The van der Waals surface area contributed by atoms with Crippen LogP contribution in [0.3, 0.4) is 0 Å². The van der Waals surface area contributed by atoms with Crippen LogP contribution in [0.2, 0.25) is 5.02 Å². The normalized spacial score (nSPS) is 20.3. The number of alkyl halides is 3. The Hall–Kier alpha value is -2.82. The third kappa shape index (κ3) is 5.15. The van der Waals surface area contributed by atoms with Crippen molar-refractivity contribution in [3.05, 3.63) is 69.2 Å². The molecule has 1 saturated heterocycles. The average molecular weight is 546 g/mol. The van der Waals surface area contributed by atoms with E-state index in [1.54, 1.807) is 12.3 Å². The molecule has 2 fully saturated rings. The quantitative estimate of drug-likeness (QED) is 0.405. The van der Waals surface area contributed by atoms with Crippen LogP contribution in [0.25, 0.3) is 17.0 Å². The van der Waals surface area contributed by atoms with Crippen LogP contribution in [0.4, 0.5) is 13.2 Å². The van der Waals surface area contributed by atoms with Gasteiger partial charge in [0.25, 0.3) is 5.91 Å². The zero-order valence-corrected chi connectivity index (χ0v) is 21.3. The highest BCUT2D eigenvalue weighted by Crippen LogP contribution is 2.35. The van der Waals surface area contributed by atoms with E-state index in [0.29, 0.717) is 10.4 Å². The van der Waals surface area contributed by atoms with E-state index < -0.39 is 11.7 Å². The lowest BCUT2D eigenvalue weighted by atomic mass is 10.1. The second-order valence-electron chi connectivity index (χ2n) is 9.48. The van der Waals surface area contributed by atoms with E-state index in [2.05, 4.69) is 19.9 Å². The lowest BCUT2D eigenvalue weighted by molar-refractivity contribution is -0.138. The number of hydrogen-bond acceptors (Lipinski definition) is 5. The molecule has 6 rings (SSSR count). The third-order valence-electron chi connectivity index (χ3n) is 6.92. The van der Waals surface area contributed by atoms with Gasteiger partial charge in [0.15, 0.2) is 5.17 Å². The van der Waals surface area contributed by atoms with Gasteiger partial charge in [0.1, 0.15) is 0 Å². The Morgan fingerprint density at radius 1 is 1.08 bits per heavy atom. The van der Waals surface area contributed by atoms with Gasteiger partial charge in [-0.2, -0.15) is 23.3 Å². The summed E-state index contributed by atoms with van der Waals surface area (Å²) in [7, 11) is 0. The minimum absolute atomic E-state index is 0.0334. The monoisotopic (exact) mass is 545 g/mol. The molecule has 0 radical (unpaired) electrons. The van der Waals surface area contributed by atoms with E-state index in [9.17, 15) is 18.0 Å². The summed E-state index contributed by atoms with van der Waals surface area (Å²) in [6.07, 6.45) is 1.49. The molecule has 0 bridgehead atoms. The van der Waals surface area contributed by atoms with Crippen LogP contribution in [0.1, 0.15) is 29.5 Å². The van der Waals surface area contributed by atoms with Gasteiger partial charge >= 0.3 is 6.18 Å². The molecular weight excluding hydrogens is 523 g/mol. The van der Waals surface area contributed by atoms with Crippen molar-refractivity contribution in [3.63, 3.8) is 0 Å². The Morgan fingerprint density at radius 2 is 1.86 bits per heavy atom. The van der Waals surface area contributed by atoms with E-state index in [1.807, 2.05) is 18.2 Å². The summed E-state index contributed by atoms with van der Waals surface area (Å²) in [5.74, 6) is -0.247. The molecule has 2 aromatic carbocycles. The molecule has 37 heavy (non-hydrogen) atoms. The molecule has 11 heteroatoms. The molecular formula is C26H23ClF3N5OS. The SMILES string of the molecule is O=C1N=C(N2CCN(C3CC3)CC2)S/C1=C\c1ccc2c(cnn2Cc2ccc(Cl)cc2C(F)(F)F)c1. The first-order valence-electron chi connectivity index (χ1n) is 12.1.